The van der Waals surface area contributed by atoms with E-state index in [0.717, 1.165) is 31.3 Å². The lowest BCUT2D eigenvalue weighted by atomic mass is 10.7. The minimum atomic E-state index is 1.14. The first-order valence-corrected chi connectivity index (χ1v) is 6.92. The molecule has 0 bridgehead atoms. The summed E-state index contributed by atoms with van der Waals surface area (Å²) in [6.45, 7) is 13.4. The number of hydrogen-bond acceptors (Lipinski definition) is 4. The van der Waals surface area contributed by atoms with Gasteiger partial charge >= 0.3 is 0 Å². The van der Waals surface area contributed by atoms with E-state index in [2.05, 4.69) is 36.3 Å². The predicted octanol–water partition coefficient (Wildman–Crippen LogP) is 2.92. The van der Waals surface area contributed by atoms with Crippen LogP contribution in [-0.4, -0.2) is 39.9 Å². The van der Waals surface area contributed by atoms with Crippen LogP contribution in [0.25, 0.3) is 0 Å². The van der Waals surface area contributed by atoms with Gasteiger partial charge in [-0.25, -0.2) is 0 Å². The van der Waals surface area contributed by atoms with E-state index in [1.54, 1.807) is 0 Å². The minimum absolute atomic E-state index is 1.14. The maximum atomic E-state index is 2.39. The quantitative estimate of drug-likeness (QED) is 0.460. The van der Waals surface area contributed by atoms with Crippen molar-refractivity contribution in [2.45, 2.75) is 27.7 Å². The molecule has 0 aromatic rings. The summed E-state index contributed by atoms with van der Waals surface area (Å²) in [4.78, 5) is 0. The molecule has 0 heterocycles. The van der Waals surface area contributed by atoms with Gasteiger partial charge in [-0.1, -0.05) is 51.6 Å². The van der Waals surface area contributed by atoms with Crippen molar-refractivity contribution in [3.05, 3.63) is 0 Å². The molecule has 80 valence electrons. The summed E-state index contributed by atoms with van der Waals surface area (Å²) in [5.74, 6) is 0. The molecular weight excluding hydrogens is 200 g/mol. The molecule has 0 unspecified atom stereocenters. The zero-order chi connectivity index (χ0) is 10.1. The Morgan fingerprint density at radius 3 is 1.23 bits per heavy atom. The third-order valence-electron chi connectivity index (χ3n) is 1.88. The van der Waals surface area contributed by atoms with Crippen LogP contribution in [0.5, 0.6) is 0 Å². The molecule has 0 fully saturated rings. The van der Waals surface area contributed by atoms with Gasteiger partial charge in [0.05, 0.1) is 5.08 Å². The number of nitrogens with zero attached hydrogens (tertiary/aromatic N) is 2. The molecule has 0 atom stereocenters. The van der Waals surface area contributed by atoms with E-state index in [1.807, 2.05) is 23.9 Å². The van der Waals surface area contributed by atoms with Gasteiger partial charge in [0.25, 0.3) is 0 Å². The van der Waals surface area contributed by atoms with Crippen molar-refractivity contribution >= 4 is 23.9 Å². The monoisotopic (exact) mass is 222 g/mol. The normalized spacial score (nSPS) is 11.5. The fourth-order valence-corrected chi connectivity index (χ4v) is 3.10. The fraction of sp³-hybridized carbons (Fsp3) is 1.00. The van der Waals surface area contributed by atoms with Gasteiger partial charge in [0, 0.05) is 26.2 Å². The summed E-state index contributed by atoms with van der Waals surface area (Å²) in [5.41, 5.74) is 0. The van der Waals surface area contributed by atoms with Crippen molar-refractivity contribution in [3.63, 3.8) is 0 Å². The predicted molar refractivity (Wildman–Crippen MR) is 65.9 cm³/mol. The van der Waals surface area contributed by atoms with E-state index in [1.165, 1.54) is 0 Å². The molecule has 0 amide bonds. The summed E-state index contributed by atoms with van der Waals surface area (Å²) in [6, 6.07) is 0. The Hall–Kier alpha value is 0.620. The van der Waals surface area contributed by atoms with Crippen LogP contribution in [0, 0.1) is 0 Å². The Balaban J connectivity index is 3.41. The van der Waals surface area contributed by atoms with Gasteiger partial charge < -0.3 is 0 Å². The van der Waals surface area contributed by atoms with Crippen LogP contribution in [0.3, 0.4) is 0 Å². The van der Waals surface area contributed by atoms with Gasteiger partial charge in [0.2, 0.25) is 0 Å². The SMILES string of the molecule is CCN(CC)SCSN(CC)CC. The first-order chi connectivity index (χ1) is 6.28. The fourth-order valence-electron chi connectivity index (χ4n) is 0.985. The molecule has 0 rings (SSSR count). The van der Waals surface area contributed by atoms with E-state index in [9.17, 15) is 0 Å². The Bertz CT molecular complexity index is 91.8. The van der Waals surface area contributed by atoms with Gasteiger partial charge in [-0.05, 0) is 0 Å². The van der Waals surface area contributed by atoms with Gasteiger partial charge in [-0.2, -0.15) is 0 Å². The van der Waals surface area contributed by atoms with Crippen LogP contribution in [0.2, 0.25) is 0 Å². The summed E-state index contributed by atoms with van der Waals surface area (Å²) in [5, 5.41) is 1.14. The molecule has 0 spiro atoms. The maximum absolute atomic E-state index is 2.39. The minimum Gasteiger partial charge on any atom is -0.250 e. The van der Waals surface area contributed by atoms with Crippen molar-refractivity contribution in [1.82, 2.24) is 8.61 Å². The second kappa shape index (κ2) is 9.19. The molecule has 0 N–H and O–H groups in total. The van der Waals surface area contributed by atoms with Crippen molar-refractivity contribution in [2.75, 3.05) is 31.3 Å². The van der Waals surface area contributed by atoms with Crippen molar-refractivity contribution < 1.29 is 0 Å². The molecule has 0 saturated carbocycles. The van der Waals surface area contributed by atoms with Crippen LogP contribution in [0.15, 0.2) is 0 Å². The highest BCUT2D eigenvalue weighted by Crippen LogP contribution is 2.19. The van der Waals surface area contributed by atoms with Gasteiger partial charge in [0.15, 0.2) is 0 Å². The van der Waals surface area contributed by atoms with E-state index in [4.69, 9.17) is 0 Å². The van der Waals surface area contributed by atoms with Crippen molar-refractivity contribution in [3.8, 4) is 0 Å². The molecule has 0 aromatic carbocycles. The molecule has 0 aliphatic carbocycles. The van der Waals surface area contributed by atoms with Crippen molar-refractivity contribution in [1.29, 1.82) is 0 Å². The molecule has 0 aliphatic rings. The van der Waals surface area contributed by atoms with E-state index < -0.39 is 0 Å². The van der Waals surface area contributed by atoms with Crippen molar-refractivity contribution in [2.24, 2.45) is 0 Å². The first kappa shape index (κ1) is 13.6. The van der Waals surface area contributed by atoms with E-state index in [0.29, 0.717) is 0 Å². The smallest absolute Gasteiger partial charge is 0.0687 e. The number of hydrogen-bond donors (Lipinski definition) is 0. The molecule has 0 aliphatic heterocycles. The average molecular weight is 222 g/mol. The molecule has 2 nitrogen and oxygen atoms in total. The van der Waals surface area contributed by atoms with E-state index in [-0.39, 0.29) is 0 Å². The molecule has 0 radical (unpaired) electrons. The molecule has 0 saturated heterocycles. The van der Waals surface area contributed by atoms with Crippen LogP contribution < -0.4 is 0 Å². The largest absolute Gasteiger partial charge is 0.250 e. The summed E-state index contributed by atoms with van der Waals surface area (Å²) < 4.78 is 4.77. The standard InChI is InChI=1S/C9H22N2S2/c1-5-10(6-2)12-9-13-11(7-3)8-4/h5-9H2,1-4H3. The van der Waals surface area contributed by atoms with Gasteiger partial charge in [-0.15, -0.1) is 0 Å². The third kappa shape index (κ3) is 6.66. The maximum Gasteiger partial charge on any atom is 0.0687 e. The average Bonchev–Trinajstić information content (AvgIpc) is 2.19. The Morgan fingerprint density at radius 1 is 0.692 bits per heavy atom. The van der Waals surface area contributed by atoms with Gasteiger partial charge in [0.1, 0.15) is 0 Å². The Labute approximate surface area is 91.7 Å². The second-order valence-electron chi connectivity index (χ2n) is 2.60. The summed E-state index contributed by atoms with van der Waals surface area (Å²) >= 11 is 3.87. The Morgan fingerprint density at radius 2 is 1.00 bits per heavy atom. The molecule has 4 heteroatoms. The highest BCUT2D eigenvalue weighted by Gasteiger charge is 2.02. The highest BCUT2D eigenvalue weighted by atomic mass is 32.2. The van der Waals surface area contributed by atoms with Crippen LogP contribution in [0.1, 0.15) is 27.7 Å². The van der Waals surface area contributed by atoms with Gasteiger partial charge in [-0.3, -0.25) is 8.61 Å². The zero-order valence-corrected chi connectivity index (χ0v) is 10.9. The molecular formula is C9H22N2S2. The van der Waals surface area contributed by atoms with E-state index >= 15 is 0 Å². The Kier molecular flexibility index (Phi) is 9.62. The van der Waals surface area contributed by atoms with Crippen LogP contribution >= 0.6 is 23.9 Å². The molecule has 0 aromatic heterocycles. The molecule has 13 heavy (non-hydrogen) atoms. The lowest BCUT2D eigenvalue weighted by Gasteiger charge is -2.20. The number of rotatable bonds is 8. The topological polar surface area (TPSA) is 6.48 Å². The lowest BCUT2D eigenvalue weighted by Crippen LogP contribution is -2.17. The third-order valence-corrected chi connectivity index (χ3v) is 4.49. The summed E-state index contributed by atoms with van der Waals surface area (Å²) in [7, 11) is 0. The zero-order valence-electron chi connectivity index (χ0n) is 9.25. The first-order valence-electron chi connectivity index (χ1n) is 5.04. The van der Waals surface area contributed by atoms with Crippen LogP contribution in [0.4, 0.5) is 0 Å². The highest BCUT2D eigenvalue weighted by molar-refractivity contribution is 8.13. The lowest BCUT2D eigenvalue weighted by molar-refractivity contribution is 0.521. The summed E-state index contributed by atoms with van der Waals surface area (Å²) in [6.07, 6.45) is 0. The van der Waals surface area contributed by atoms with Crippen LogP contribution in [-0.2, 0) is 0 Å². The second-order valence-corrected chi connectivity index (χ2v) is 5.10.